The van der Waals surface area contributed by atoms with Gasteiger partial charge in [-0.15, -0.1) is 0 Å². The van der Waals surface area contributed by atoms with E-state index in [4.69, 9.17) is 0 Å². The van der Waals surface area contributed by atoms with Crippen LogP contribution in [0.5, 0.6) is 0 Å². The third kappa shape index (κ3) is 2.20. The molecule has 0 saturated heterocycles. The van der Waals surface area contributed by atoms with Crippen LogP contribution in [0.25, 0.3) is 0 Å². The van der Waals surface area contributed by atoms with Crippen molar-refractivity contribution in [3.8, 4) is 0 Å². The maximum absolute atomic E-state index is 11.7. The van der Waals surface area contributed by atoms with E-state index in [0.29, 0.717) is 6.54 Å². The number of allylic oxidation sites excluding steroid dienone is 1. The van der Waals surface area contributed by atoms with Crippen LogP contribution in [0.1, 0.15) is 12.0 Å². The van der Waals surface area contributed by atoms with Crippen molar-refractivity contribution < 1.29 is 4.79 Å². The normalized spacial score (nSPS) is 21.3. The minimum Gasteiger partial charge on any atom is -0.332 e. The lowest BCUT2D eigenvalue weighted by Gasteiger charge is -2.28. The Hall–Kier alpha value is -2.82. The molecule has 0 saturated carbocycles. The Bertz CT molecular complexity index is 743. The molecule has 0 aliphatic carbocycles. The van der Waals surface area contributed by atoms with Crippen molar-refractivity contribution in [1.29, 1.82) is 0 Å². The van der Waals surface area contributed by atoms with Crippen LogP contribution in [0.3, 0.4) is 0 Å². The lowest BCUT2D eigenvalue weighted by Crippen LogP contribution is -2.41. The number of carbonyl (C=O) groups excluding carboxylic acids is 1. The van der Waals surface area contributed by atoms with Crippen molar-refractivity contribution in [2.45, 2.75) is 13.0 Å². The SMILES string of the molecule is O=C1C=CC2=CNC(=NCc3ccccc3)N3CCC(=C23)N1. The van der Waals surface area contributed by atoms with Crippen LogP contribution in [0.15, 0.2) is 70.6 Å². The Morgan fingerprint density at radius 2 is 2.05 bits per heavy atom. The quantitative estimate of drug-likeness (QED) is 0.871. The Labute approximate surface area is 128 Å². The van der Waals surface area contributed by atoms with Crippen molar-refractivity contribution in [3.63, 3.8) is 0 Å². The molecule has 0 unspecified atom stereocenters. The number of nitrogens with one attached hydrogen (secondary N) is 2. The average Bonchev–Trinajstić information content (AvgIpc) is 2.89. The Morgan fingerprint density at radius 1 is 1.18 bits per heavy atom. The molecular formula is C17H16N4O. The molecule has 0 radical (unpaired) electrons. The summed E-state index contributed by atoms with van der Waals surface area (Å²) in [5.74, 6) is 0.768. The average molecular weight is 292 g/mol. The molecule has 0 bridgehead atoms. The molecular weight excluding hydrogens is 276 g/mol. The van der Waals surface area contributed by atoms with E-state index >= 15 is 0 Å². The minimum atomic E-state index is -0.0672. The summed E-state index contributed by atoms with van der Waals surface area (Å²) in [4.78, 5) is 18.5. The minimum absolute atomic E-state index is 0.0672. The zero-order chi connectivity index (χ0) is 14.9. The summed E-state index contributed by atoms with van der Waals surface area (Å²) in [5, 5.41) is 6.20. The highest BCUT2D eigenvalue weighted by atomic mass is 16.1. The Morgan fingerprint density at radius 3 is 2.91 bits per heavy atom. The van der Waals surface area contributed by atoms with Crippen LogP contribution in [0.4, 0.5) is 0 Å². The van der Waals surface area contributed by atoms with Crippen LogP contribution in [0, 0.1) is 0 Å². The predicted molar refractivity (Wildman–Crippen MR) is 84.4 cm³/mol. The van der Waals surface area contributed by atoms with Gasteiger partial charge in [0, 0.05) is 36.5 Å². The lowest BCUT2D eigenvalue weighted by molar-refractivity contribution is -0.115. The summed E-state index contributed by atoms with van der Waals surface area (Å²) in [6.07, 6.45) is 6.15. The number of carbonyl (C=O) groups is 1. The number of hydrogen-bond acceptors (Lipinski definition) is 2. The number of benzene rings is 1. The summed E-state index contributed by atoms with van der Waals surface area (Å²) < 4.78 is 0. The molecule has 5 nitrogen and oxygen atoms in total. The first kappa shape index (κ1) is 12.9. The molecule has 5 heteroatoms. The number of amides is 1. The molecule has 0 fully saturated rings. The van der Waals surface area contributed by atoms with E-state index < -0.39 is 0 Å². The van der Waals surface area contributed by atoms with Crippen LogP contribution in [-0.4, -0.2) is 23.3 Å². The summed E-state index contributed by atoms with van der Waals surface area (Å²) >= 11 is 0. The summed E-state index contributed by atoms with van der Waals surface area (Å²) in [7, 11) is 0. The second-order valence-electron chi connectivity index (χ2n) is 5.42. The maximum atomic E-state index is 11.7. The van der Waals surface area contributed by atoms with E-state index in [1.165, 1.54) is 5.56 Å². The van der Waals surface area contributed by atoms with Crippen LogP contribution >= 0.6 is 0 Å². The molecule has 2 N–H and O–H groups in total. The van der Waals surface area contributed by atoms with Gasteiger partial charge in [-0.1, -0.05) is 30.3 Å². The molecule has 0 spiro atoms. The highest BCUT2D eigenvalue weighted by Crippen LogP contribution is 2.31. The van der Waals surface area contributed by atoms with Crippen molar-refractivity contribution in [3.05, 3.63) is 71.2 Å². The maximum Gasteiger partial charge on any atom is 0.248 e. The van der Waals surface area contributed by atoms with E-state index in [-0.39, 0.29) is 5.91 Å². The topological polar surface area (TPSA) is 56.7 Å². The van der Waals surface area contributed by atoms with Crippen molar-refractivity contribution in [2.75, 3.05) is 6.54 Å². The van der Waals surface area contributed by atoms with Crippen molar-refractivity contribution >= 4 is 11.9 Å². The summed E-state index contributed by atoms with van der Waals surface area (Å²) in [5.41, 5.74) is 4.24. The lowest BCUT2D eigenvalue weighted by atomic mass is 10.1. The summed E-state index contributed by atoms with van der Waals surface area (Å²) in [6, 6.07) is 10.2. The second-order valence-corrected chi connectivity index (χ2v) is 5.42. The van der Waals surface area contributed by atoms with Crippen molar-refractivity contribution in [1.82, 2.24) is 15.5 Å². The highest BCUT2D eigenvalue weighted by Gasteiger charge is 2.32. The second kappa shape index (κ2) is 5.18. The molecule has 0 atom stereocenters. The van der Waals surface area contributed by atoms with Gasteiger partial charge in [-0.05, 0) is 11.6 Å². The monoisotopic (exact) mass is 292 g/mol. The number of guanidine groups is 1. The predicted octanol–water partition coefficient (Wildman–Crippen LogP) is 1.63. The zero-order valence-electron chi connectivity index (χ0n) is 12.0. The van der Waals surface area contributed by atoms with Gasteiger partial charge in [-0.25, -0.2) is 4.99 Å². The van der Waals surface area contributed by atoms with E-state index in [2.05, 4.69) is 32.7 Å². The molecule has 0 aromatic heterocycles. The smallest absolute Gasteiger partial charge is 0.248 e. The van der Waals surface area contributed by atoms with Gasteiger partial charge in [0.15, 0.2) is 0 Å². The standard InChI is InChI=1S/C17H16N4O/c22-15-7-6-13-11-19-17(18-10-12-4-2-1-3-5-12)21-9-8-14(20-15)16(13)21/h1-7,11H,8-10H2,(H,18,19)(H,20,22). The molecule has 1 aromatic rings. The first-order valence-corrected chi connectivity index (χ1v) is 7.36. The van der Waals surface area contributed by atoms with Crippen LogP contribution < -0.4 is 10.6 Å². The number of nitrogens with zero attached hydrogens (tertiary/aromatic N) is 2. The fourth-order valence-corrected chi connectivity index (χ4v) is 2.93. The molecule has 4 rings (SSSR count). The van der Waals surface area contributed by atoms with E-state index in [1.807, 2.05) is 30.5 Å². The van der Waals surface area contributed by atoms with Gasteiger partial charge >= 0.3 is 0 Å². The number of hydrogen-bond donors (Lipinski definition) is 2. The molecule has 22 heavy (non-hydrogen) atoms. The van der Waals surface area contributed by atoms with Gasteiger partial charge < -0.3 is 15.5 Å². The van der Waals surface area contributed by atoms with Gasteiger partial charge in [-0.2, -0.15) is 0 Å². The Balaban J connectivity index is 1.65. The first-order chi connectivity index (χ1) is 10.8. The Kier molecular flexibility index (Phi) is 3.04. The molecule has 3 aliphatic heterocycles. The van der Waals surface area contributed by atoms with Gasteiger partial charge in [0.05, 0.1) is 12.2 Å². The first-order valence-electron chi connectivity index (χ1n) is 7.36. The molecule has 1 amide bonds. The van der Waals surface area contributed by atoms with Gasteiger partial charge in [0.1, 0.15) is 0 Å². The molecule has 3 aliphatic rings. The van der Waals surface area contributed by atoms with Gasteiger partial charge in [0.2, 0.25) is 11.9 Å². The van der Waals surface area contributed by atoms with E-state index in [9.17, 15) is 4.79 Å². The largest absolute Gasteiger partial charge is 0.332 e. The van der Waals surface area contributed by atoms with Gasteiger partial charge in [-0.3, -0.25) is 4.79 Å². The van der Waals surface area contributed by atoms with E-state index in [0.717, 1.165) is 35.9 Å². The van der Waals surface area contributed by atoms with Gasteiger partial charge in [0.25, 0.3) is 0 Å². The fraction of sp³-hybridized carbons (Fsp3) is 0.176. The molecule has 110 valence electrons. The molecule has 3 heterocycles. The fourth-order valence-electron chi connectivity index (χ4n) is 2.93. The zero-order valence-corrected chi connectivity index (χ0v) is 12.0. The summed E-state index contributed by atoms with van der Waals surface area (Å²) in [6.45, 7) is 1.46. The molecule has 1 aromatic carbocycles. The highest BCUT2D eigenvalue weighted by molar-refractivity contribution is 5.93. The number of rotatable bonds is 2. The third-order valence-electron chi connectivity index (χ3n) is 3.97. The third-order valence-corrected chi connectivity index (χ3v) is 3.97. The van der Waals surface area contributed by atoms with E-state index in [1.54, 1.807) is 6.08 Å². The van der Waals surface area contributed by atoms with Crippen LogP contribution in [-0.2, 0) is 11.3 Å². The van der Waals surface area contributed by atoms with Crippen LogP contribution in [0.2, 0.25) is 0 Å². The van der Waals surface area contributed by atoms with Crippen molar-refractivity contribution in [2.24, 2.45) is 4.99 Å². The number of aliphatic imine (C=N–C) groups is 1.